The van der Waals surface area contributed by atoms with Crippen molar-refractivity contribution in [2.24, 2.45) is 0 Å². The predicted octanol–water partition coefficient (Wildman–Crippen LogP) is 3.96. The zero-order valence-electron chi connectivity index (χ0n) is 17.0. The maximum atomic E-state index is 12.8. The first kappa shape index (κ1) is 19.7. The van der Waals surface area contributed by atoms with Gasteiger partial charge in [0.05, 0.1) is 6.54 Å². The molecule has 0 spiro atoms. The van der Waals surface area contributed by atoms with Crippen molar-refractivity contribution >= 4 is 23.2 Å². The van der Waals surface area contributed by atoms with Gasteiger partial charge in [-0.3, -0.25) is 9.59 Å². The number of rotatable bonds is 6. The maximum absolute atomic E-state index is 12.8. The summed E-state index contributed by atoms with van der Waals surface area (Å²) >= 11 is 0. The molecule has 0 unspecified atom stereocenters. The molecule has 0 atom stereocenters. The predicted molar refractivity (Wildman–Crippen MR) is 120 cm³/mol. The lowest BCUT2D eigenvalue weighted by molar-refractivity contribution is -0.116. The van der Waals surface area contributed by atoms with Gasteiger partial charge in [-0.15, -0.1) is 0 Å². The SMILES string of the molecule is CN(Cc1ccccc1)C(=O)c1cccc(NCC(=O)N2CCc3ccccc32)c1. The summed E-state index contributed by atoms with van der Waals surface area (Å²) in [6, 6.07) is 25.2. The van der Waals surface area contributed by atoms with E-state index in [2.05, 4.69) is 11.4 Å². The lowest BCUT2D eigenvalue weighted by Crippen LogP contribution is -2.34. The van der Waals surface area contributed by atoms with E-state index >= 15 is 0 Å². The van der Waals surface area contributed by atoms with Crippen LogP contribution in [0.2, 0.25) is 0 Å². The molecule has 0 radical (unpaired) electrons. The van der Waals surface area contributed by atoms with E-state index in [1.165, 1.54) is 5.56 Å². The highest BCUT2D eigenvalue weighted by Crippen LogP contribution is 2.27. The number of nitrogens with one attached hydrogen (secondary N) is 1. The summed E-state index contributed by atoms with van der Waals surface area (Å²) in [5.74, 6) is -0.0276. The zero-order chi connectivity index (χ0) is 20.9. The van der Waals surface area contributed by atoms with E-state index in [1.54, 1.807) is 24.1 Å². The Morgan fingerprint density at radius 1 is 0.967 bits per heavy atom. The molecule has 3 aromatic rings. The van der Waals surface area contributed by atoms with E-state index < -0.39 is 0 Å². The number of hydrogen-bond donors (Lipinski definition) is 1. The summed E-state index contributed by atoms with van der Waals surface area (Å²) < 4.78 is 0. The second kappa shape index (κ2) is 8.82. The standard InChI is InChI=1S/C25H25N3O2/c1-27(18-19-8-3-2-4-9-19)25(30)21-11-7-12-22(16-21)26-17-24(29)28-15-14-20-10-5-6-13-23(20)28/h2-13,16,26H,14-15,17-18H2,1H3. The van der Waals surface area contributed by atoms with Gasteiger partial charge in [-0.25, -0.2) is 0 Å². The van der Waals surface area contributed by atoms with Crippen LogP contribution in [0.5, 0.6) is 0 Å². The Morgan fingerprint density at radius 3 is 2.57 bits per heavy atom. The van der Waals surface area contributed by atoms with Crippen molar-refractivity contribution in [3.63, 3.8) is 0 Å². The number of carbonyl (C=O) groups excluding carboxylic acids is 2. The summed E-state index contributed by atoms with van der Waals surface area (Å²) in [4.78, 5) is 29.0. The van der Waals surface area contributed by atoms with Crippen LogP contribution in [-0.4, -0.2) is 36.9 Å². The van der Waals surface area contributed by atoms with Gasteiger partial charge in [0, 0.05) is 37.1 Å². The van der Waals surface area contributed by atoms with Gasteiger partial charge in [0.2, 0.25) is 5.91 Å². The van der Waals surface area contributed by atoms with Crippen LogP contribution in [0, 0.1) is 0 Å². The summed E-state index contributed by atoms with van der Waals surface area (Å²) in [5, 5.41) is 3.17. The first-order chi connectivity index (χ1) is 14.6. The van der Waals surface area contributed by atoms with Crippen LogP contribution in [0.1, 0.15) is 21.5 Å². The molecule has 0 saturated carbocycles. The average Bonchev–Trinajstić information content (AvgIpc) is 3.22. The second-order valence-electron chi connectivity index (χ2n) is 7.51. The van der Waals surface area contributed by atoms with Gasteiger partial charge < -0.3 is 15.1 Å². The van der Waals surface area contributed by atoms with E-state index in [0.717, 1.165) is 23.4 Å². The van der Waals surface area contributed by atoms with Crippen molar-refractivity contribution in [2.75, 3.05) is 30.4 Å². The highest BCUT2D eigenvalue weighted by Gasteiger charge is 2.23. The first-order valence-corrected chi connectivity index (χ1v) is 10.1. The number of fused-ring (bicyclic) bond motifs is 1. The van der Waals surface area contributed by atoms with Crippen molar-refractivity contribution in [3.8, 4) is 0 Å². The molecule has 5 nitrogen and oxygen atoms in total. The molecular formula is C25H25N3O2. The fraction of sp³-hybridized carbons (Fsp3) is 0.200. The average molecular weight is 399 g/mol. The summed E-state index contributed by atoms with van der Waals surface area (Å²) in [6.07, 6.45) is 0.889. The normalized spacial score (nSPS) is 12.4. The van der Waals surface area contributed by atoms with E-state index in [-0.39, 0.29) is 18.4 Å². The van der Waals surface area contributed by atoms with Gasteiger partial charge in [0.25, 0.3) is 5.91 Å². The third kappa shape index (κ3) is 4.35. The van der Waals surface area contributed by atoms with E-state index in [0.29, 0.717) is 18.7 Å². The second-order valence-corrected chi connectivity index (χ2v) is 7.51. The molecule has 1 heterocycles. The fourth-order valence-electron chi connectivity index (χ4n) is 3.78. The molecule has 2 amide bonds. The Bertz CT molecular complexity index is 1050. The van der Waals surface area contributed by atoms with Crippen molar-refractivity contribution in [1.82, 2.24) is 4.90 Å². The highest BCUT2D eigenvalue weighted by atomic mass is 16.2. The summed E-state index contributed by atoms with van der Waals surface area (Å²) in [6.45, 7) is 1.44. The van der Waals surface area contributed by atoms with E-state index in [4.69, 9.17) is 0 Å². The van der Waals surface area contributed by atoms with Gasteiger partial charge in [-0.05, 0) is 41.8 Å². The van der Waals surface area contributed by atoms with Crippen LogP contribution >= 0.6 is 0 Å². The molecule has 4 rings (SSSR count). The number of benzene rings is 3. The van der Waals surface area contributed by atoms with Crippen molar-refractivity contribution < 1.29 is 9.59 Å². The minimum absolute atomic E-state index is 0.0258. The highest BCUT2D eigenvalue weighted by molar-refractivity contribution is 5.98. The minimum Gasteiger partial charge on any atom is -0.376 e. The molecule has 1 aliphatic rings. The molecule has 0 aliphatic carbocycles. The number of hydrogen-bond acceptors (Lipinski definition) is 3. The fourth-order valence-corrected chi connectivity index (χ4v) is 3.78. The number of amides is 2. The topological polar surface area (TPSA) is 52.7 Å². The van der Waals surface area contributed by atoms with E-state index in [1.807, 2.05) is 65.6 Å². The molecule has 0 fully saturated rings. The Balaban J connectivity index is 1.38. The van der Waals surface area contributed by atoms with E-state index in [9.17, 15) is 9.59 Å². The van der Waals surface area contributed by atoms with Crippen molar-refractivity contribution in [3.05, 3.63) is 95.6 Å². The largest absolute Gasteiger partial charge is 0.376 e. The molecule has 1 aliphatic heterocycles. The Morgan fingerprint density at radius 2 is 1.73 bits per heavy atom. The summed E-state index contributed by atoms with van der Waals surface area (Å²) in [5.41, 5.74) is 4.64. The maximum Gasteiger partial charge on any atom is 0.253 e. The van der Waals surface area contributed by atoms with Gasteiger partial charge >= 0.3 is 0 Å². The van der Waals surface area contributed by atoms with Crippen LogP contribution in [0.4, 0.5) is 11.4 Å². The zero-order valence-corrected chi connectivity index (χ0v) is 17.0. The number of anilines is 2. The van der Waals surface area contributed by atoms with Crippen LogP contribution in [0.25, 0.3) is 0 Å². The smallest absolute Gasteiger partial charge is 0.253 e. The van der Waals surface area contributed by atoms with Gasteiger partial charge in [0.1, 0.15) is 0 Å². The van der Waals surface area contributed by atoms with Crippen molar-refractivity contribution in [2.45, 2.75) is 13.0 Å². The molecule has 3 aromatic carbocycles. The third-order valence-corrected chi connectivity index (χ3v) is 5.35. The van der Waals surface area contributed by atoms with Crippen LogP contribution in [0.15, 0.2) is 78.9 Å². The van der Waals surface area contributed by atoms with Crippen LogP contribution in [0.3, 0.4) is 0 Å². The molecule has 0 saturated heterocycles. The Kier molecular flexibility index (Phi) is 5.80. The first-order valence-electron chi connectivity index (χ1n) is 10.1. The molecular weight excluding hydrogens is 374 g/mol. The van der Waals surface area contributed by atoms with Crippen LogP contribution in [-0.2, 0) is 17.8 Å². The van der Waals surface area contributed by atoms with Gasteiger partial charge in [-0.1, -0.05) is 54.6 Å². The molecule has 30 heavy (non-hydrogen) atoms. The Labute approximate surface area is 176 Å². The molecule has 0 bridgehead atoms. The number of carbonyl (C=O) groups is 2. The van der Waals surface area contributed by atoms with Gasteiger partial charge in [0.15, 0.2) is 0 Å². The lowest BCUT2D eigenvalue weighted by atomic mass is 10.1. The molecule has 0 aromatic heterocycles. The number of para-hydroxylation sites is 1. The lowest BCUT2D eigenvalue weighted by Gasteiger charge is -2.19. The Hall–Kier alpha value is -3.60. The molecule has 152 valence electrons. The minimum atomic E-state index is -0.0534. The summed E-state index contributed by atoms with van der Waals surface area (Å²) in [7, 11) is 1.80. The monoisotopic (exact) mass is 399 g/mol. The van der Waals surface area contributed by atoms with Crippen molar-refractivity contribution in [1.29, 1.82) is 0 Å². The van der Waals surface area contributed by atoms with Gasteiger partial charge in [-0.2, -0.15) is 0 Å². The quantitative estimate of drug-likeness (QED) is 0.683. The number of nitrogens with zero attached hydrogens (tertiary/aromatic N) is 2. The third-order valence-electron chi connectivity index (χ3n) is 5.35. The van der Waals surface area contributed by atoms with Crippen LogP contribution < -0.4 is 10.2 Å². The molecule has 1 N–H and O–H groups in total. The molecule has 5 heteroatoms.